The molecule has 2 heteroatoms. The molecule has 0 saturated heterocycles. The number of aliphatic hydroxyl groups excluding tert-OH is 1. The van der Waals surface area contributed by atoms with Gasteiger partial charge in [-0.15, -0.1) is 0 Å². The zero-order valence-electron chi connectivity index (χ0n) is 16.6. The maximum atomic E-state index is 12.8. The molecule has 0 amide bonds. The van der Waals surface area contributed by atoms with Crippen LogP contribution in [-0.2, 0) is 4.79 Å². The molecule has 0 bridgehead atoms. The summed E-state index contributed by atoms with van der Waals surface area (Å²) in [5.41, 5.74) is 0.384. The molecule has 1 N–H and O–H groups in total. The van der Waals surface area contributed by atoms with Crippen LogP contribution < -0.4 is 0 Å². The number of Topliss-reactive ketones (excluding diaryl/α,β-unsaturated/α-hetero) is 1. The summed E-state index contributed by atoms with van der Waals surface area (Å²) < 4.78 is 0. The number of fused-ring (bicyclic) bond motifs is 5. The Morgan fingerprint density at radius 3 is 2.52 bits per heavy atom. The van der Waals surface area contributed by atoms with Gasteiger partial charge in [0, 0.05) is 12.0 Å². The van der Waals surface area contributed by atoms with Crippen molar-refractivity contribution in [3.8, 4) is 0 Å². The van der Waals surface area contributed by atoms with Crippen molar-refractivity contribution in [1.29, 1.82) is 0 Å². The van der Waals surface area contributed by atoms with Gasteiger partial charge in [-0.3, -0.25) is 4.79 Å². The summed E-state index contributed by atoms with van der Waals surface area (Å²) in [5, 5.41) is 9.98. The predicted molar refractivity (Wildman–Crippen MR) is 101 cm³/mol. The Morgan fingerprint density at radius 2 is 1.84 bits per heavy atom. The molecule has 0 aromatic rings. The van der Waals surface area contributed by atoms with Crippen LogP contribution >= 0.6 is 0 Å². The minimum Gasteiger partial charge on any atom is -0.396 e. The number of hydrogen-bond donors (Lipinski definition) is 1. The maximum Gasteiger partial charge on any atom is 0.136 e. The van der Waals surface area contributed by atoms with Crippen molar-refractivity contribution in [3.63, 3.8) is 0 Å². The molecule has 0 heterocycles. The Labute approximate surface area is 154 Å². The summed E-state index contributed by atoms with van der Waals surface area (Å²) in [7, 11) is 0. The first-order valence-corrected chi connectivity index (χ1v) is 11.1. The van der Waals surface area contributed by atoms with Crippen LogP contribution in [0.25, 0.3) is 0 Å². The molecule has 0 aliphatic heterocycles. The third-order valence-corrected chi connectivity index (χ3v) is 9.84. The molecule has 25 heavy (non-hydrogen) atoms. The monoisotopic (exact) mass is 346 g/mol. The van der Waals surface area contributed by atoms with Crippen LogP contribution in [0, 0.1) is 46.3 Å². The van der Waals surface area contributed by atoms with Crippen molar-refractivity contribution in [1.82, 2.24) is 0 Å². The lowest BCUT2D eigenvalue weighted by molar-refractivity contribution is -0.156. The van der Waals surface area contributed by atoms with E-state index in [-0.39, 0.29) is 17.9 Å². The highest BCUT2D eigenvalue weighted by Crippen LogP contribution is 2.68. The summed E-state index contributed by atoms with van der Waals surface area (Å²) in [6.07, 6.45) is 12.9. The van der Waals surface area contributed by atoms with Gasteiger partial charge in [-0.2, -0.15) is 0 Å². The van der Waals surface area contributed by atoms with Crippen LogP contribution in [0.1, 0.15) is 85.0 Å². The van der Waals surface area contributed by atoms with Gasteiger partial charge < -0.3 is 5.11 Å². The predicted octanol–water partition coefficient (Wildman–Crippen LogP) is 5.23. The molecule has 4 aliphatic carbocycles. The van der Waals surface area contributed by atoms with E-state index in [4.69, 9.17) is 0 Å². The largest absolute Gasteiger partial charge is 0.396 e. The van der Waals surface area contributed by atoms with E-state index in [0.717, 1.165) is 36.5 Å². The summed E-state index contributed by atoms with van der Waals surface area (Å²) >= 11 is 0. The second kappa shape index (κ2) is 6.36. The Bertz CT molecular complexity index is 528. The average Bonchev–Trinajstić information content (AvgIpc) is 3.01. The fourth-order valence-electron chi connectivity index (χ4n) is 8.74. The molecule has 0 aromatic heterocycles. The molecular formula is C23H38O2. The van der Waals surface area contributed by atoms with E-state index in [0.29, 0.717) is 17.1 Å². The quantitative estimate of drug-likeness (QED) is 0.759. The topological polar surface area (TPSA) is 37.3 Å². The molecule has 8 atom stereocenters. The molecule has 0 radical (unpaired) electrons. The van der Waals surface area contributed by atoms with Crippen molar-refractivity contribution < 1.29 is 9.90 Å². The fraction of sp³-hybridized carbons (Fsp3) is 0.957. The minimum atomic E-state index is -0.181. The van der Waals surface area contributed by atoms with E-state index in [1.165, 1.54) is 51.4 Å². The molecule has 2 nitrogen and oxygen atoms in total. The van der Waals surface area contributed by atoms with Crippen LogP contribution in [0.15, 0.2) is 0 Å². The van der Waals surface area contributed by atoms with E-state index in [1.54, 1.807) is 0 Å². The molecule has 4 saturated carbocycles. The van der Waals surface area contributed by atoms with Gasteiger partial charge in [0.25, 0.3) is 0 Å². The molecule has 4 fully saturated rings. The first-order valence-electron chi connectivity index (χ1n) is 11.1. The van der Waals surface area contributed by atoms with Crippen molar-refractivity contribution in [2.24, 2.45) is 46.3 Å². The summed E-state index contributed by atoms with van der Waals surface area (Å²) in [6, 6.07) is 0. The van der Waals surface area contributed by atoms with Crippen LogP contribution in [0.2, 0.25) is 0 Å². The standard InChI is InChI=1S/C23H38O2/c1-4-22-11-9-15(2)13-17(22)5-7-19-20(22)10-12-23(16(3)25)18(14-24)6-8-21(19)23/h15,17-21,24H,4-14H2,1-3H3/t15-,17+,18-,19-,20+,21+,22+,23+/m1/s1. The molecule has 4 rings (SSSR count). The first-order chi connectivity index (χ1) is 12.0. The van der Waals surface area contributed by atoms with Gasteiger partial charge in [0.05, 0.1) is 0 Å². The highest BCUT2D eigenvalue weighted by Gasteiger charge is 2.63. The maximum absolute atomic E-state index is 12.8. The average molecular weight is 347 g/mol. The number of hydrogen-bond acceptors (Lipinski definition) is 2. The molecular weight excluding hydrogens is 308 g/mol. The van der Waals surface area contributed by atoms with Gasteiger partial charge in [-0.25, -0.2) is 0 Å². The van der Waals surface area contributed by atoms with E-state index in [1.807, 2.05) is 6.92 Å². The zero-order chi connectivity index (χ0) is 17.8. The van der Waals surface area contributed by atoms with Gasteiger partial charge in [0.2, 0.25) is 0 Å². The Kier molecular flexibility index (Phi) is 4.58. The van der Waals surface area contributed by atoms with E-state index in [2.05, 4.69) is 13.8 Å². The lowest BCUT2D eigenvalue weighted by atomic mass is 9.42. The number of aliphatic hydroxyl groups is 1. The first kappa shape index (κ1) is 18.0. The fourth-order valence-corrected chi connectivity index (χ4v) is 8.74. The number of carbonyl (C=O) groups excluding carboxylic acids is 1. The van der Waals surface area contributed by atoms with Crippen molar-refractivity contribution >= 4 is 5.78 Å². The van der Waals surface area contributed by atoms with Crippen molar-refractivity contribution in [2.45, 2.75) is 85.0 Å². The molecule has 4 aliphatic rings. The Hall–Kier alpha value is -0.370. The summed E-state index contributed by atoms with van der Waals surface area (Å²) in [6.45, 7) is 6.94. The molecule has 0 aromatic carbocycles. The zero-order valence-corrected chi connectivity index (χ0v) is 16.6. The van der Waals surface area contributed by atoms with Gasteiger partial charge in [-0.05, 0) is 106 Å². The van der Waals surface area contributed by atoms with Crippen LogP contribution in [-0.4, -0.2) is 17.5 Å². The van der Waals surface area contributed by atoms with Crippen LogP contribution in [0.3, 0.4) is 0 Å². The second-order valence-electron chi connectivity index (χ2n) is 10.2. The number of rotatable bonds is 3. The minimum absolute atomic E-state index is 0.181. The number of ketones is 1. The summed E-state index contributed by atoms with van der Waals surface area (Å²) in [5.74, 6) is 4.62. The normalized spacial score (nSPS) is 52.2. The highest BCUT2D eigenvalue weighted by molar-refractivity contribution is 5.83. The molecule has 0 spiro atoms. The summed E-state index contributed by atoms with van der Waals surface area (Å²) in [4.78, 5) is 12.8. The van der Waals surface area contributed by atoms with Crippen LogP contribution in [0.5, 0.6) is 0 Å². The second-order valence-corrected chi connectivity index (χ2v) is 10.2. The van der Waals surface area contributed by atoms with E-state index < -0.39 is 0 Å². The Morgan fingerprint density at radius 1 is 1.04 bits per heavy atom. The van der Waals surface area contributed by atoms with Gasteiger partial charge >= 0.3 is 0 Å². The van der Waals surface area contributed by atoms with Gasteiger partial charge in [-0.1, -0.05) is 20.3 Å². The number of carbonyl (C=O) groups is 1. The van der Waals surface area contributed by atoms with E-state index in [9.17, 15) is 9.90 Å². The lowest BCUT2D eigenvalue weighted by Gasteiger charge is -2.62. The smallest absolute Gasteiger partial charge is 0.136 e. The SMILES string of the molecule is CC[C@]12CC[C@@H](C)C[C@@H]1CC[C@@H]1[C@@H]2CC[C@]2(C(C)=O)[C@@H](CO)CC[C@@H]12. The van der Waals surface area contributed by atoms with Crippen molar-refractivity contribution in [3.05, 3.63) is 0 Å². The molecule has 0 unspecified atom stereocenters. The molecule has 142 valence electrons. The Balaban J connectivity index is 1.68. The van der Waals surface area contributed by atoms with E-state index >= 15 is 0 Å². The van der Waals surface area contributed by atoms with Crippen LogP contribution in [0.4, 0.5) is 0 Å². The van der Waals surface area contributed by atoms with Crippen molar-refractivity contribution in [2.75, 3.05) is 6.61 Å². The van der Waals surface area contributed by atoms with Gasteiger partial charge in [0.1, 0.15) is 5.78 Å². The highest BCUT2D eigenvalue weighted by atomic mass is 16.3. The third-order valence-electron chi connectivity index (χ3n) is 9.84. The van der Waals surface area contributed by atoms with Gasteiger partial charge in [0.15, 0.2) is 0 Å². The third kappa shape index (κ3) is 2.35. The lowest BCUT2D eigenvalue weighted by Crippen LogP contribution is -2.56.